The molecule has 150 valence electrons. The summed E-state index contributed by atoms with van der Waals surface area (Å²) in [6.07, 6.45) is 3.03. The Bertz CT molecular complexity index is 1150. The molecule has 0 amide bonds. The number of carboxylic acid groups (broad SMARTS) is 1. The van der Waals surface area contributed by atoms with Gasteiger partial charge < -0.3 is 20.7 Å². The third-order valence-electron chi connectivity index (χ3n) is 5.69. The van der Waals surface area contributed by atoms with Crippen LogP contribution >= 0.6 is 0 Å². The molecule has 1 aromatic heterocycles. The molecule has 0 spiro atoms. The van der Waals surface area contributed by atoms with E-state index in [0.717, 1.165) is 12.8 Å². The van der Waals surface area contributed by atoms with Gasteiger partial charge in [-0.15, -0.1) is 0 Å². The molecule has 0 unspecified atom stereocenters. The zero-order valence-corrected chi connectivity index (χ0v) is 16.0. The maximum atomic E-state index is 14.9. The van der Waals surface area contributed by atoms with Crippen LogP contribution < -0.4 is 16.5 Å². The van der Waals surface area contributed by atoms with Crippen molar-refractivity contribution in [2.45, 2.75) is 38.3 Å². The molecule has 0 radical (unpaired) electrons. The smallest absolute Gasteiger partial charge is 0.341 e. The molecular weight excluding hydrogens is 373 g/mol. The number of nitrogens with one attached hydrogen (secondary N) is 1. The van der Waals surface area contributed by atoms with Crippen LogP contribution in [0, 0.1) is 5.82 Å². The van der Waals surface area contributed by atoms with Gasteiger partial charge in [0.25, 0.3) is 0 Å². The van der Waals surface area contributed by atoms with Crippen LogP contribution in [0.15, 0.2) is 47.4 Å². The van der Waals surface area contributed by atoms with Gasteiger partial charge in [-0.25, -0.2) is 9.18 Å². The molecule has 1 aliphatic rings. The van der Waals surface area contributed by atoms with Gasteiger partial charge in [0.15, 0.2) is 5.82 Å². The van der Waals surface area contributed by atoms with Crippen LogP contribution in [0.5, 0.6) is 0 Å². The van der Waals surface area contributed by atoms with Gasteiger partial charge in [-0.05, 0) is 37.3 Å². The third kappa shape index (κ3) is 3.22. The number of pyridine rings is 1. The third-order valence-corrected chi connectivity index (χ3v) is 5.69. The zero-order valence-electron chi connectivity index (χ0n) is 16.0. The van der Waals surface area contributed by atoms with Crippen LogP contribution in [0.4, 0.5) is 15.8 Å². The predicted octanol–water partition coefficient (Wildman–Crippen LogP) is 3.80. The maximum Gasteiger partial charge on any atom is 0.341 e. The zero-order chi connectivity index (χ0) is 20.7. The highest BCUT2D eigenvalue weighted by Gasteiger charge is 2.31. The van der Waals surface area contributed by atoms with Crippen molar-refractivity contribution in [1.29, 1.82) is 0 Å². The Morgan fingerprint density at radius 1 is 1.31 bits per heavy atom. The van der Waals surface area contributed by atoms with Crippen LogP contribution in [0.25, 0.3) is 10.9 Å². The number of nitrogen functional groups attached to an aromatic ring is 1. The first-order chi connectivity index (χ1) is 13.9. The quantitative estimate of drug-likeness (QED) is 0.571. The molecule has 1 saturated carbocycles. The fourth-order valence-corrected chi connectivity index (χ4v) is 4.02. The lowest BCUT2D eigenvalue weighted by atomic mass is 9.76. The van der Waals surface area contributed by atoms with Crippen molar-refractivity contribution in [2.75, 3.05) is 11.1 Å². The average Bonchev–Trinajstić information content (AvgIpc) is 2.68. The minimum Gasteiger partial charge on any atom is -0.477 e. The molecule has 2 aromatic carbocycles. The first kappa shape index (κ1) is 19.0. The van der Waals surface area contributed by atoms with Crippen LogP contribution in [-0.4, -0.2) is 21.7 Å². The van der Waals surface area contributed by atoms with Gasteiger partial charge in [0.2, 0.25) is 5.43 Å². The number of anilines is 2. The van der Waals surface area contributed by atoms with Crippen molar-refractivity contribution < 1.29 is 14.3 Å². The van der Waals surface area contributed by atoms with Crippen LogP contribution in [0.3, 0.4) is 0 Å². The normalized spacial score (nSPS) is 18.4. The summed E-state index contributed by atoms with van der Waals surface area (Å²) in [5.74, 6) is -1.65. The molecule has 1 fully saturated rings. The molecule has 29 heavy (non-hydrogen) atoms. The number of hydrogen-bond acceptors (Lipinski definition) is 4. The lowest BCUT2D eigenvalue weighted by Gasteiger charge is -2.37. The summed E-state index contributed by atoms with van der Waals surface area (Å²) >= 11 is 0. The lowest BCUT2D eigenvalue weighted by molar-refractivity contribution is 0.0695. The highest BCUT2D eigenvalue weighted by molar-refractivity contribution is 5.99. The molecule has 6 nitrogen and oxygen atoms in total. The summed E-state index contributed by atoms with van der Waals surface area (Å²) < 4.78 is 16.5. The molecule has 1 aliphatic carbocycles. The Morgan fingerprint density at radius 2 is 2.00 bits per heavy atom. The maximum absolute atomic E-state index is 14.9. The number of hydrogen-bond donors (Lipinski definition) is 3. The van der Waals surface area contributed by atoms with Gasteiger partial charge in [0, 0.05) is 18.8 Å². The van der Waals surface area contributed by atoms with E-state index in [4.69, 9.17) is 5.73 Å². The van der Waals surface area contributed by atoms with Gasteiger partial charge in [-0.3, -0.25) is 4.79 Å². The van der Waals surface area contributed by atoms with Gasteiger partial charge >= 0.3 is 5.97 Å². The molecule has 4 N–H and O–H groups in total. The van der Waals surface area contributed by atoms with Crippen molar-refractivity contribution in [2.24, 2.45) is 0 Å². The molecule has 4 rings (SSSR count). The van der Waals surface area contributed by atoms with Gasteiger partial charge in [-0.2, -0.15) is 0 Å². The molecule has 0 bridgehead atoms. The summed E-state index contributed by atoms with van der Waals surface area (Å²) in [7, 11) is 0. The molecule has 0 aliphatic heterocycles. The standard InChI is InChI=1S/C22H22FN3O3/c1-2-26-11-15(22(28)29)21(27)18-17(26)10-16(19(23)20(18)24)25-14-8-13(9-14)12-6-4-3-5-7-12/h3-7,10-11,13-14,25H,2,8-9,24H2,1H3,(H,28,29)/t13-,14+. The van der Waals surface area contributed by atoms with Gasteiger partial charge in [-0.1, -0.05) is 30.3 Å². The predicted molar refractivity (Wildman–Crippen MR) is 111 cm³/mol. The topological polar surface area (TPSA) is 97.4 Å². The van der Waals surface area contributed by atoms with Crippen LogP contribution in [0.2, 0.25) is 0 Å². The number of aromatic carboxylic acids is 1. The Balaban J connectivity index is 1.68. The van der Waals surface area contributed by atoms with E-state index in [0.29, 0.717) is 18.0 Å². The molecule has 1 heterocycles. The van der Waals surface area contributed by atoms with Crippen molar-refractivity contribution in [1.82, 2.24) is 4.57 Å². The first-order valence-electron chi connectivity index (χ1n) is 9.60. The van der Waals surface area contributed by atoms with E-state index in [1.54, 1.807) is 10.6 Å². The number of carboxylic acids is 1. The lowest BCUT2D eigenvalue weighted by Crippen LogP contribution is -2.34. The minimum absolute atomic E-state index is 0.0921. The monoisotopic (exact) mass is 395 g/mol. The summed E-state index contributed by atoms with van der Waals surface area (Å²) in [5.41, 5.74) is 6.35. The molecule has 7 heteroatoms. The second-order valence-corrected chi connectivity index (χ2v) is 7.43. The average molecular weight is 395 g/mol. The first-order valence-corrected chi connectivity index (χ1v) is 9.60. The number of benzene rings is 2. The molecule has 0 atom stereocenters. The van der Waals surface area contributed by atoms with Crippen molar-refractivity contribution in [3.05, 3.63) is 69.8 Å². The number of aromatic nitrogens is 1. The van der Waals surface area contributed by atoms with Gasteiger partial charge in [0.1, 0.15) is 5.56 Å². The van der Waals surface area contributed by atoms with Crippen molar-refractivity contribution in [3.8, 4) is 0 Å². The number of nitrogens with zero attached hydrogens (tertiary/aromatic N) is 1. The Morgan fingerprint density at radius 3 is 2.62 bits per heavy atom. The van der Waals surface area contributed by atoms with Gasteiger partial charge in [0.05, 0.1) is 22.3 Å². The second-order valence-electron chi connectivity index (χ2n) is 7.43. The highest BCUT2D eigenvalue weighted by Crippen LogP contribution is 2.39. The Labute approximate surface area is 166 Å². The number of fused-ring (bicyclic) bond motifs is 1. The molecule has 3 aromatic rings. The second kappa shape index (κ2) is 7.24. The minimum atomic E-state index is -1.36. The fourth-order valence-electron chi connectivity index (χ4n) is 4.02. The summed E-state index contributed by atoms with van der Waals surface area (Å²) in [6.45, 7) is 2.24. The van der Waals surface area contributed by atoms with E-state index in [-0.39, 0.29) is 22.8 Å². The number of nitrogens with two attached hydrogens (primary N) is 1. The van der Waals surface area contributed by atoms with Crippen molar-refractivity contribution in [3.63, 3.8) is 0 Å². The van der Waals surface area contributed by atoms with Crippen LogP contribution in [-0.2, 0) is 6.54 Å². The summed E-state index contributed by atoms with van der Waals surface area (Å²) in [4.78, 5) is 23.9. The number of aryl methyl sites for hydroxylation is 1. The summed E-state index contributed by atoms with van der Waals surface area (Å²) in [6, 6.07) is 11.8. The number of carbonyl (C=O) groups is 1. The van der Waals surface area contributed by atoms with E-state index in [9.17, 15) is 19.1 Å². The van der Waals surface area contributed by atoms with Crippen molar-refractivity contribution >= 4 is 28.2 Å². The van der Waals surface area contributed by atoms with E-state index in [1.807, 2.05) is 25.1 Å². The SMILES string of the molecule is CCn1cc(C(=O)O)c(=O)c2c(N)c(F)c(N[C@H]3C[C@@H](c4ccccc4)C3)cc21. The molecule has 0 saturated heterocycles. The Kier molecular flexibility index (Phi) is 4.74. The van der Waals surface area contributed by atoms with E-state index >= 15 is 0 Å². The Hall–Kier alpha value is -3.35. The van der Waals surface area contributed by atoms with E-state index < -0.39 is 22.8 Å². The molecular formula is C22H22FN3O3. The van der Waals surface area contributed by atoms with E-state index in [2.05, 4.69) is 17.4 Å². The van der Waals surface area contributed by atoms with E-state index in [1.165, 1.54) is 11.8 Å². The largest absolute Gasteiger partial charge is 0.477 e. The van der Waals surface area contributed by atoms with Crippen LogP contribution in [0.1, 0.15) is 41.6 Å². The number of rotatable bonds is 5. The fraction of sp³-hybridized carbons (Fsp3) is 0.273. The highest BCUT2D eigenvalue weighted by atomic mass is 19.1. The summed E-state index contributed by atoms with van der Waals surface area (Å²) in [5, 5.41) is 12.4. The number of halogens is 1.